The standard InChI is InChI=1S/C12H17NOS/c1-8-4-5-11(6-9(8)2)14-10(3)7-12(13)15/h4-6,10H,7H2,1-3H3,(H2,13,15). The van der Waals surface area contributed by atoms with Crippen LogP contribution in [0.15, 0.2) is 18.2 Å². The Morgan fingerprint density at radius 1 is 1.40 bits per heavy atom. The maximum atomic E-state index is 5.69. The van der Waals surface area contributed by atoms with Gasteiger partial charge in [-0.15, -0.1) is 0 Å². The van der Waals surface area contributed by atoms with Crippen LogP contribution in [0.1, 0.15) is 24.5 Å². The summed E-state index contributed by atoms with van der Waals surface area (Å²) in [5.41, 5.74) is 7.95. The largest absolute Gasteiger partial charge is 0.490 e. The van der Waals surface area contributed by atoms with Gasteiger partial charge < -0.3 is 10.5 Å². The third-order valence-corrected chi connectivity index (χ3v) is 2.47. The van der Waals surface area contributed by atoms with Crippen LogP contribution in [0.2, 0.25) is 0 Å². The van der Waals surface area contributed by atoms with Gasteiger partial charge in [-0.3, -0.25) is 0 Å². The van der Waals surface area contributed by atoms with Gasteiger partial charge in [0.25, 0.3) is 0 Å². The molecule has 0 spiro atoms. The van der Waals surface area contributed by atoms with E-state index < -0.39 is 0 Å². The summed E-state index contributed by atoms with van der Waals surface area (Å²) >= 11 is 4.83. The molecule has 0 saturated heterocycles. The Hall–Kier alpha value is -1.09. The fraction of sp³-hybridized carbons (Fsp3) is 0.417. The van der Waals surface area contributed by atoms with Crippen molar-refractivity contribution in [2.75, 3.05) is 0 Å². The van der Waals surface area contributed by atoms with Gasteiger partial charge in [-0.2, -0.15) is 0 Å². The van der Waals surface area contributed by atoms with E-state index in [1.807, 2.05) is 19.1 Å². The maximum absolute atomic E-state index is 5.69. The lowest BCUT2D eigenvalue weighted by molar-refractivity contribution is 0.230. The molecule has 0 bridgehead atoms. The Morgan fingerprint density at radius 3 is 2.60 bits per heavy atom. The van der Waals surface area contributed by atoms with Gasteiger partial charge in [0.15, 0.2) is 0 Å². The normalized spacial score (nSPS) is 12.2. The molecule has 82 valence electrons. The number of hydrogen-bond acceptors (Lipinski definition) is 2. The average Bonchev–Trinajstić information content (AvgIpc) is 2.10. The fourth-order valence-corrected chi connectivity index (χ4v) is 1.58. The molecule has 1 unspecified atom stereocenters. The molecule has 0 aromatic heterocycles. The molecule has 0 aliphatic carbocycles. The molecule has 1 aromatic rings. The quantitative estimate of drug-likeness (QED) is 0.797. The highest BCUT2D eigenvalue weighted by Crippen LogP contribution is 2.18. The van der Waals surface area contributed by atoms with Crippen LogP contribution >= 0.6 is 12.2 Å². The minimum absolute atomic E-state index is 0.0320. The Labute approximate surface area is 96.4 Å². The second kappa shape index (κ2) is 5.12. The van der Waals surface area contributed by atoms with Crippen LogP contribution in [-0.2, 0) is 0 Å². The van der Waals surface area contributed by atoms with E-state index >= 15 is 0 Å². The van der Waals surface area contributed by atoms with Crippen molar-refractivity contribution in [3.8, 4) is 5.75 Å². The first-order valence-electron chi connectivity index (χ1n) is 5.01. The van der Waals surface area contributed by atoms with Gasteiger partial charge in [-0.05, 0) is 44.0 Å². The summed E-state index contributed by atoms with van der Waals surface area (Å²) in [7, 11) is 0. The molecule has 0 heterocycles. The molecule has 2 nitrogen and oxygen atoms in total. The number of hydrogen-bond donors (Lipinski definition) is 1. The molecule has 0 aliphatic heterocycles. The molecule has 0 fully saturated rings. The molecule has 0 saturated carbocycles. The molecule has 1 aromatic carbocycles. The summed E-state index contributed by atoms with van der Waals surface area (Å²) in [6.07, 6.45) is 0.645. The van der Waals surface area contributed by atoms with Gasteiger partial charge in [0.05, 0.1) is 4.99 Å². The van der Waals surface area contributed by atoms with Crippen molar-refractivity contribution in [1.29, 1.82) is 0 Å². The molecule has 3 heteroatoms. The number of nitrogens with two attached hydrogens (primary N) is 1. The molecular weight excluding hydrogens is 206 g/mol. The second-order valence-corrected chi connectivity index (χ2v) is 4.37. The average molecular weight is 223 g/mol. The summed E-state index contributed by atoms with van der Waals surface area (Å²) in [5.74, 6) is 0.877. The van der Waals surface area contributed by atoms with Gasteiger partial charge in [0.1, 0.15) is 11.9 Å². The van der Waals surface area contributed by atoms with E-state index in [-0.39, 0.29) is 6.10 Å². The highest BCUT2D eigenvalue weighted by atomic mass is 32.1. The molecule has 2 N–H and O–H groups in total. The van der Waals surface area contributed by atoms with Crippen LogP contribution < -0.4 is 10.5 Å². The second-order valence-electron chi connectivity index (χ2n) is 3.84. The molecular formula is C12H17NOS. The number of rotatable bonds is 4. The predicted octanol–water partition coefficient (Wildman–Crippen LogP) is 2.75. The van der Waals surface area contributed by atoms with Crippen molar-refractivity contribution in [3.63, 3.8) is 0 Å². The van der Waals surface area contributed by atoms with E-state index in [1.54, 1.807) is 0 Å². The van der Waals surface area contributed by atoms with E-state index in [1.165, 1.54) is 11.1 Å². The molecule has 1 rings (SSSR count). The Bertz CT molecular complexity index is 363. The molecule has 1 atom stereocenters. The van der Waals surface area contributed by atoms with Crippen molar-refractivity contribution >= 4 is 17.2 Å². The van der Waals surface area contributed by atoms with Crippen LogP contribution in [0.4, 0.5) is 0 Å². The minimum Gasteiger partial charge on any atom is -0.490 e. The van der Waals surface area contributed by atoms with Crippen LogP contribution in [0, 0.1) is 13.8 Å². The van der Waals surface area contributed by atoms with E-state index in [9.17, 15) is 0 Å². The van der Waals surface area contributed by atoms with E-state index in [0.717, 1.165) is 5.75 Å². The van der Waals surface area contributed by atoms with Gasteiger partial charge in [-0.1, -0.05) is 18.3 Å². The summed E-state index contributed by atoms with van der Waals surface area (Å²) in [6, 6.07) is 6.06. The smallest absolute Gasteiger partial charge is 0.120 e. The van der Waals surface area contributed by atoms with Gasteiger partial charge in [0, 0.05) is 6.42 Å². The lowest BCUT2D eigenvalue weighted by Crippen LogP contribution is -2.20. The number of thiocarbonyl (C=S) groups is 1. The van der Waals surface area contributed by atoms with Crippen LogP contribution in [0.25, 0.3) is 0 Å². The highest BCUT2D eigenvalue weighted by molar-refractivity contribution is 7.80. The SMILES string of the molecule is Cc1ccc(OC(C)CC(N)=S)cc1C. The van der Waals surface area contributed by atoms with Crippen molar-refractivity contribution in [2.24, 2.45) is 5.73 Å². The topological polar surface area (TPSA) is 35.2 Å². The fourth-order valence-electron chi connectivity index (χ4n) is 1.34. The molecule has 0 amide bonds. The van der Waals surface area contributed by atoms with Crippen LogP contribution in [-0.4, -0.2) is 11.1 Å². The lowest BCUT2D eigenvalue weighted by atomic mass is 10.1. The lowest BCUT2D eigenvalue weighted by Gasteiger charge is -2.14. The van der Waals surface area contributed by atoms with Crippen molar-refractivity contribution < 1.29 is 4.74 Å². The molecule has 0 radical (unpaired) electrons. The minimum atomic E-state index is 0.0320. The maximum Gasteiger partial charge on any atom is 0.120 e. The highest BCUT2D eigenvalue weighted by Gasteiger charge is 2.05. The predicted molar refractivity (Wildman–Crippen MR) is 67.4 cm³/mol. The number of aryl methyl sites for hydroxylation is 2. The first-order valence-corrected chi connectivity index (χ1v) is 5.42. The zero-order valence-electron chi connectivity index (χ0n) is 9.41. The Balaban J connectivity index is 2.64. The summed E-state index contributed by atoms with van der Waals surface area (Å²) in [4.78, 5) is 0.492. The zero-order chi connectivity index (χ0) is 11.4. The van der Waals surface area contributed by atoms with E-state index in [2.05, 4.69) is 19.9 Å². The molecule has 0 aliphatic rings. The van der Waals surface area contributed by atoms with Crippen LogP contribution in [0.3, 0.4) is 0 Å². The first-order chi connectivity index (χ1) is 6.99. The summed E-state index contributed by atoms with van der Waals surface area (Å²) in [6.45, 7) is 6.12. The van der Waals surface area contributed by atoms with Gasteiger partial charge in [-0.25, -0.2) is 0 Å². The van der Waals surface area contributed by atoms with Crippen LogP contribution in [0.5, 0.6) is 5.75 Å². The van der Waals surface area contributed by atoms with Crippen molar-refractivity contribution in [1.82, 2.24) is 0 Å². The first kappa shape index (κ1) is 12.0. The van der Waals surface area contributed by atoms with Gasteiger partial charge in [0.2, 0.25) is 0 Å². The third kappa shape index (κ3) is 3.88. The summed E-state index contributed by atoms with van der Waals surface area (Å²) in [5, 5.41) is 0. The number of benzene rings is 1. The molecule has 15 heavy (non-hydrogen) atoms. The van der Waals surface area contributed by atoms with E-state index in [4.69, 9.17) is 22.7 Å². The number of ether oxygens (including phenoxy) is 1. The van der Waals surface area contributed by atoms with Crippen molar-refractivity contribution in [2.45, 2.75) is 33.3 Å². The Morgan fingerprint density at radius 2 is 2.07 bits per heavy atom. The third-order valence-electron chi connectivity index (χ3n) is 2.30. The van der Waals surface area contributed by atoms with E-state index in [0.29, 0.717) is 11.4 Å². The monoisotopic (exact) mass is 223 g/mol. The summed E-state index contributed by atoms with van der Waals surface area (Å²) < 4.78 is 5.69. The van der Waals surface area contributed by atoms with Crippen molar-refractivity contribution in [3.05, 3.63) is 29.3 Å². The zero-order valence-corrected chi connectivity index (χ0v) is 10.2. The Kier molecular flexibility index (Phi) is 4.09. The van der Waals surface area contributed by atoms with Gasteiger partial charge >= 0.3 is 0 Å².